The van der Waals surface area contributed by atoms with E-state index in [0.717, 1.165) is 22.5 Å². The van der Waals surface area contributed by atoms with Crippen molar-refractivity contribution in [3.63, 3.8) is 0 Å². The van der Waals surface area contributed by atoms with Gasteiger partial charge in [0, 0.05) is 17.0 Å². The number of thiophene rings is 1. The monoisotopic (exact) mass is 387 g/mol. The minimum Gasteiger partial charge on any atom is -0.456 e. The molecule has 1 atom stereocenters. The van der Waals surface area contributed by atoms with Gasteiger partial charge in [-0.3, -0.25) is 14.4 Å². The van der Waals surface area contributed by atoms with Crippen LogP contribution in [0.2, 0.25) is 0 Å². The Kier molecular flexibility index (Phi) is 7.73. The second-order valence-electron chi connectivity index (χ2n) is 6.44. The summed E-state index contributed by atoms with van der Waals surface area (Å²) in [5.74, 6) is -0.714. The maximum absolute atomic E-state index is 12.1. The zero-order valence-electron chi connectivity index (χ0n) is 15.9. The molecule has 27 heavy (non-hydrogen) atoms. The fourth-order valence-electron chi connectivity index (χ4n) is 2.59. The van der Waals surface area contributed by atoms with Crippen LogP contribution in [-0.4, -0.2) is 24.3 Å². The minimum absolute atomic E-state index is 0.0352. The summed E-state index contributed by atoms with van der Waals surface area (Å²) in [7, 11) is 0. The first-order valence-electron chi connectivity index (χ1n) is 9.04. The fraction of sp³-hybridized carbons (Fsp3) is 0.381. The molecule has 0 aliphatic heterocycles. The van der Waals surface area contributed by atoms with E-state index < -0.39 is 5.97 Å². The molecule has 0 aliphatic carbocycles. The van der Waals surface area contributed by atoms with E-state index in [1.54, 1.807) is 6.07 Å². The number of nitrogens with one attached hydrogen (secondary N) is 1. The number of benzene rings is 1. The number of esters is 1. The van der Waals surface area contributed by atoms with E-state index in [1.165, 1.54) is 11.3 Å². The number of anilines is 1. The summed E-state index contributed by atoms with van der Waals surface area (Å²) in [6.07, 6.45) is 1.00. The molecule has 0 saturated carbocycles. The molecule has 2 rings (SSSR count). The molecule has 1 N–H and O–H groups in total. The Morgan fingerprint density at radius 2 is 1.85 bits per heavy atom. The maximum Gasteiger partial charge on any atom is 0.306 e. The first-order chi connectivity index (χ1) is 12.9. The van der Waals surface area contributed by atoms with Gasteiger partial charge in [-0.25, -0.2) is 0 Å². The standard InChI is InChI=1S/C21H25NO4S/c1-4-14(2)16-7-5-6-8-17(16)22-20(24)13-26-21(25)12-10-18(23)19-11-9-15(3)27-19/h5-9,11,14H,4,10,12-13H2,1-3H3,(H,22,24)/t14-/m0/s1. The summed E-state index contributed by atoms with van der Waals surface area (Å²) in [5, 5.41) is 2.79. The van der Waals surface area contributed by atoms with Crippen molar-refractivity contribution in [2.24, 2.45) is 0 Å². The zero-order chi connectivity index (χ0) is 19.8. The van der Waals surface area contributed by atoms with Crippen LogP contribution in [0.4, 0.5) is 5.69 Å². The Hall–Kier alpha value is -2.47. The quantitative estimate of drug-likeness (QED) is 0.499. The number of carbonyl (C=O) groups excluding carboxylic acids is 3. The summed E-state index contributed by atoms with van der Waals surface area (Å²) in [4.78, 5) is 37.6. The van der Waals surface area contributed by atoms with Gasteiger partial charge in [0.2, 0.25) is 0 Å². The minimum atomic E-state index is -0.554. The molecule has 0 spiro atoms. The highest BCUT2D eigenvalue weighted by atomic mass is 32.1. The topological polar surface area (TPSA) is 72.5 Å². The van der Waals surface area contributed by atoms with Crippen molar-refractivity contribution in [1.82, 2.24) is 0 Å². The predicted molar refractivity (Wildman–Crippen MR) is 107 cm³/mol. The lowest BCUT2D eigenvalue weighted by Crippen LogP contribution is -2.22. The van der Waals surface area contributed by atoms with Crippen LogP contribution in [0.5, 0.6) is 0 Å². The Labute approximate surface area is 163 Å². The van der Waals surface area contributed by atoms with E-state index in [9.17, 15) is 14.4 Å². The van der Waals surface area contributed by atoms with Crippen LogP contribution in [0.3, 0.4) is 0 Å². The summed E-state index contributed by atoms with van der Waals surface area (Å²) in [5.41, 5.74) is 1.78. The Morgan fingerprint density at radius 1 is 1.11 bits per heavy atom. The number of aryl methyl sites for hydroxylation is 1. The number of Topliss-reactive ketones (excluding diaryl/α,β-unsaturated/α-hetero) is 1. The van der Waals surface area contributed by atoms with Crippen LogP contribution in [0.25, 0.3) is 0 Å². The van der Waals surface area contributed by atoms with E-state index in [-0.39, 0.29) is 31.1 Å². The second-order valence-corrected chi connectivity index (χ2v) is 7.73. The number of rotatable bonds is 9. The number of para-hydroxylation sites is 1. The van der Waals surface area contributed by atoms with E-state index in [2.05, 4.69) is 19.2 Å². The van der Waals surface area contributed by atoms with Crippen molar-refractivity contribution in [2.45, 2.75) is 46.0 Å². The van der Waals surface area contributed by atoms with Gasteiger partial charge in [-0.15, -0.1) is 11.3 Å². The van der Waals surface area contributed by atoms with Crippen molar-refractivity contribution >= 4 is 34.7 Å². The van der Waals surface area contributed by atoms with Gasteiger partial charge in [-0.2, -0.15) is 0 Å². The maximum atomic E-state index is 12.1. The Bertz CT molecular complexity index is 812. The molecular weight excluding hydrogens is 362 g/mol. The van der Waals surface area contributed by atoms with Gasteiger partial charge in [-0.1, -0.05) is 32.0 Å². The molecule has 0 unspecified atom stereocenters. The highest BCUT2D eigenvalue weighted by Gasteiger charge is 2.15. The van der Waals surface area contributed by atoms with E-state index >= 15 is 0 Å². The summed E-state index contributed by atoms with van der Waals surface area (Å²) < 4.78 is 4.99. The van der Waals surface area contributed by atoms with Crippen LogP contribution in [-0.2, 0) is 14.3 Å². The molecule has 1 heterocycles. The van der Waals surface area contributed by atoms with Crippen molar-refractivity contribution in [2.75, 3.05) is 11.9 Å². The van der Waals surface area contributed by atoms with Crippen LogP contribution < -0.4 is 5.32 Å². The lowest BCUT2D eigenvalue weighted by Gasteiger charge is -2.15. The zero-order valence-corrected chi connectivity index (χ0v) is 16.7. The van der Waals surface area contributed by atoms with Crippen LogP contribution in [0, 0.1) is 6.92 Å². The third-order valence-corrected chi connectivity index (χ3v) is 5.36. The first kappa shape index (κ1) is 20.8. The third kappa shape index (κ3) is 6.32. The normalized spacial score (nSPS) is 11.7. The predicted octanol–water partition coefficient (Wildman–Crippen LogP) is 4.71. The smallest absolute Gasteiger partial charge is 0.306 e. The molecule has 1 amide bonds. The fourth-order valence-corrected chi connectivity index (χ4v) is 3.42. The van der Waals surface area contributed by atoms with E-state index in [1.807, 2.05) is 37.3 Å². The summed E-state index contributed by atoms with van der Waals surface area (Å²) >= 11 is 1.41. The number of carbonyl (C=O) groups is 3. The van der Waals surface area contributed by atoms with Crippen molar-refractivity contribution in [3.8, 4) is 0 Å². The number of hydrogen-bond acceptors (Lipinski definition) is 5. The van der Waals surface area contributed by atoms with Gasteiger partial charge in [0.25, 0.3) is 5.91 Å². The van der Waals surface area contributed by atoms with Gasteiger partial charge in [0.15, 0.2) is 12.4 Å². The van der Waals surface area contributed by atoms with Crippen LogP contribution in [0.1, 0.15) is 59.1 Å². The number of ether oxygens (including phenoxy) is 1. The van der Waals surface area contributed by atoms with E-state index in [4.69, 9.17) is 4.74 Å². The Morgan fingerprint density at radius 3 is 2.52 bits per heavy atom. The molecule has 144 valence electrons. The SMILES string of the molecule is CC[C@H](C)c1ccccc1NC(=O)COC(=O)CCC(=O)c1ccc(C)s1. The molecule has 0 saturated heterocycles. The average Bonchev–Trinajstić information content (AvgIpc) is 3.10. The molecular formula is C21H25NO4S. The lowest BCUT2D eigenvalue weighted by molar-refractivity contribution is -0.147. The molecule has 1 aromatic carbocycles. The van der Waals surface area contributed by atoms with Gasteiger partial charge >= 0.3 is 5.97 Å². The van der Waals surface area contributed by atoms with Gasteiger partial charge in [0.05, 0.1) is 11.3 Å². The van der Waals surface area contributed by atoms with Crippen LogP contribution >= 0.6 is 11.3 Å². The molecule has 0 radical (unpaired) electrons. The molecule has 2 aromatic rings. The third-order valence-electron chi connectivity index (χ3n) is 4.31. The molecule has 0 aliphatic rings. The summed E-state index contributed by atoms with van der Waals surface area (Å²) in [6.45, 7) is 5.74. The lowest BCUT2D eigenvalue weighted by atomic mass is 9.97. The highest BCUT2D eigenvalue weighted by molar-refractivity contribution is 7.14. The van der Waals surface area contributed by atoms with Crippen molar-refractivity contribution in [1.29, 1.82) is 0 Å². The number of hydrogen-bond donors (Lipinski definition) is 1. The second kappa shape index (κ2) is 10.0. The van der Waals surface area contributed by atoms with Crippen molar-refractivity contribution < 1.29 is 19.1 Å². The molecule has 0 fully saturated rings. The summed E-state index contributed by atoms with van der Waals surface area (Å²) in [6, 6.07) is 11.2. The molecule has 0 bridgehead atoms. The molecule has 6 heteroatoms. The largest absolute Gasteiger partial charge is 0.456 e. The first-order valence-corrected chi connectivity index (χ1v) is 9.86. The van der Waals surface area contributed by atoms with Gasteiger partial charge in [-0.05, 0) is 43.0 Å². The average molecular weight is 388 g/mol. The number of ketones is 1. The van der Waals surface area contributed by atoms with Crippen molar-refractivity contribution in [3.05, 3.63) is 51.7 Å². The van der Waals surface area contributed by atoms with Gasteiger partial charge < -0.3 is 10.1 Å². The van der Waals surface area contributed by atoms with Gasteiger partial charge in [0.1, 0.15) is 0 Å². The molecule has 5 nitrogen and oxygen atoms in total. The number of amides is 1. The highest BCUT2D eigenvalue weighted by Crippen LogP contribution is 2.26. The van der Waals surface area contributed by atoms with E-state index in [0.29, 0.717) is 10.8 Å². The Balaban J connectivity index is 1.78. The molecule has 1 aromatic heterocycles. The van der Waals surface area contributed by atoms with Crippen LogP contribution in [0.15, 0.2) is 36.4 Å².